The number of aromatic nitrogens is 2. The number of rotatable bonds is 4. The molecule has 0 aliphatic heterocycles. The summed E-state index contributed by atoms with van der Waals surface area (Å²) in [5.74, 6) is 0.460. The number of hydrogen-bond donors (Lipinski definition) is 1. The molecule has 2 aromatic rings. The Morgan fingerprint density at radius 2 is 1.94 bits per heavy atom. The van der Waals surface area contributed by atoms with Gasteiger partial charge < -0.3 is 10.6 Å². The van der Waals surface area contributed by atoms with Crippen molar-refractivity contribution in [3.8, 4) is 0 Å². The zero-order valence-electron chi connectivity index (χ0n) is 10.2. The van der Waals surface area contributed by atoms with Crippen molar-refractivity contribution in [1.82, 2.24) is 10.2 Å². The van der Waals surface area contributed by atoms with E-state index in [1.165, 1.54) is 12.1 Å². The minimum absolute atomic E-state index is 0.256. The molecule has 2 N–H and O–H groups in total. The molecule has 94 valence electrons. The van der Waals surface area contributed by atoms with Gasteiger partial charge in [-0.05, 0) is 37.3 Å². The predicted molar refractivity (Wildman–Crippen MR) is 69.0 cm³/mol. The fourth-order valence-corrected chi connectivity index (χ4v) is 1.81. The first-order valence-corrected chi connectivity index (χ1v) is 5.80. The Balaban J connectivity index is 2.41. The highest BCUT2D eigenvalue weighted by Gasteiger charge is 2.12. The van der Waals surface area contributed by atoms with Crippen molar-refractivity contribution in [2.45, 2.75) is 13.5 Å². The molecule has 0 fully saturated rings. The first-order chi connectivity index (χ1) is 8.76. The molecule has 0 aliphatic carbocycles. The summed E-state index contributed by atoms with van der Waals surface area (Å²) in [6.45, 7) is 3.10. The molecule has 0 bridgehead atoms. The summed E-state index contributed by atoms with van der Waals surface area (Å²) >= 11 is 0. The molecule has 5 heteroatoms. The van der Waals surface area contributed by atoms with Gasteiger partial charge in [0.05, 0.1) is 6.20 Å². The standard InChI is InChI=1S/C13H15FN4/c1-2-18(12-5-3-11(14)4-6-12)13-10(9-15)7-8-16-17-13/h3-8H,2,9,15H2,1H3. The highest BCUT2D eigenvalue weighted by atomic mass is 19.1. The van der Waals surface area contributed by atoms with Gasteiger partial charge in [0.1, 0.15) is 5.82 Å². The van der Waals surface area contributed by atoms with Crippen LogP contribution in [0.5, 0.6) is 0 Å². The highest BCUT2D eigenvalue weighted by Crippen LogP contribution is 2.25. The van der Waals surface area contributed by atoms with E-state index < -0.39 is 0 Å². The van der Waals surface area contributed by atoms with E-state index in [1.807, 2.05) is 17.9 Å². The number of anilines is 2. The lowest BCUT2D eigenvalue weighted by molar-refractivity contribution is 0.627. The zero-order chi connectivity index (χ0) is 13.0. The molecule has 4 nitrogen and oxygen atoms in total. The van der Waals surface area contributed by atoms with E-state index in [2.05, 4.69) is 10.2 Å². The molecule has 0 atom stereocenters. The van der Waals surface area contributed by atoms with Gasteiger partial charge >= 0.3 is 0 Å². The Bertz CT molecular complexity index is 513. The van der Waals surface area contributed by atoms with Crippen molar-refractivity contribution in [2.24, 2.45) is 5.73 Å². The van der Waals surface area contributed by atoms with Crippen LogP contribution in [0.2, 0.25) is 0 Å². The van der Waals surface area contributed by atoms with Crippen LogP contribution in [0, 0.1) is 5.82 Å². The Kier molecular flexibility index (Phi) is 3.84. The topological polar surface area (TPSA) is 55.0 Å². The quantitative estimate of drug-likeness (QED) is 0.898. The average molecular weight is 246 g/mol. The summed E-state index contributed by atoms with van der Waals surface area (Å²) in [6, 6.07) is 8.13. The van der Waals surface area contributed by atoms with Gasteiger partial charge in [0.2, 0.25) is 0 Å². The number of nitrogens with zero attached hydrogens (tertiary/aromatic N) is 3. The maximum atomic E-state index is 12.9. The lowest BCUT2D eigenvalue weighted by Gasteiger charge is -2.23. The first kappa shape index (κ1) is 12.4. The molecule has 0 unspecified atom stereocenters. The molecule has 0 spiro atoms. The molecular weight excluding hydrogens is 231 g/mol. The van der Waals surface area contributed by atoms with Crippen molar-refractivity contribution in [2.75, 3.05) is 11.4 Å². The summed E-state index contributed by atoms with van der Waals surface area (Å²) in [4.78, 5) is 1.95. The van der Waals surface area contributed by atoms with Crippen LogP contribution in [0.3, 0.4) is 0 Å². The Labute approximate surface area is 105 Å². The lowest BCUT2D eigenvalue weighted by atomic mass is 10.2. The lowest BCUT2D eigenvalue weighted by Crippen LogP contribution is -2.20. The molecule has 1 aromatic carbocycles. The van der Waals surface area contributed by atoms with Crippen LogP contribution >= 0.6 is 0 Å². The molecule has 0 aliphatic rings. The van der Waals surface area contributed by atoms with Crippen LogP contribution in [-0.2, 0) is 6.54 Å². The molecule has 0 saturated carbocycles. The summed E-state index contributed by atoms with van der Waals surface area (Å²) in [5, 5.41) is 8.01. The van der Waals surface area contributed by atoms with Crippen molar-refractivity contribution >= 4 is 11.5 Å². The van der Waals surface area contributed by atoms with Crippen LogP contribution in [0.15, 0.2) is 36.5 Å². The smallest absolute Gasteiger partial charge is 0.160 e. The van der Waals surface area contributed by atoms with E-state index in [4.69, 9.17) is 5.73 Å². The Morgan fingerprint density at radius 3 is 2.56 bits per heavy atom. The number of halogens is 1. The van der Waals surface area contributed by atoms with E-state index in [9.17, 15) is 4.39 Å². The van der Waals surface area contributed by atoms with Crippen LogP contribution in [0.4, 0.5) is 15.9 Å². The molecule has 2 rings (SSSR count). The molecular formula is C13H15FN4. The van der Waals surface area contributed by atoms with E-state index in [0.717, 1.165) is 11.3 Å². The van der Waals surface area contributed by atoms with Gasteiger partial charge in [0, 0.05) is 24.3 Å². The molecule has 0 amide bonds. The van der Waals surface area contributed by atoms with Gasteiger partial charge in [-0.3, -0.25) is 0 Å². The summed E-state index contributed by atoms with van der Waals surface area (Å²) in [7, 11) is 0. The van der Waals surface area contributed by atoms with Crippen LogP contribution in [0.25, 0.3) is 0 Å². The van der Waals surface area contributed by atoms with Crippen LogP contribution in [-0.4, -0.2) is 16.7 Å². The van der Waals surface area contributed by atoms with Gasteiger partial charge in [-0.1, -0.05) is 0 Å². The SMILES string of the molecule is CCN(c1ccc(F)cc1)c1nnccc1CN. The van der Waals surface area contributed by atoms with Gasteiger partial charge in [-0.15, -0.1) is 5.10 Å². The molecule has 18 heavy (non-hydrogen) atoms. The predicted octanol–water partition coefficient (Wildman–Crippen LogP) is 2.23. The minimum atomic E-state index is -0.256. The maximum absolute atomic E-state index is 12.9. The first-order valence-electron chi connectivity index (χ1n) is 5.80. The van der Waals surface area contributed by atoms with E-state index in [0.29, 0.717) is 18.9 Å². The summed E-state index contributed by atoms with van der Waals surface area (Å²) < 4.78 is 12.9. The largest absolute Gasteiger partial charge is 0.326 e. The highest BCUT2D eigenvalue weighted by molar-refractivity contribution is 5.62. The molecule has 0 saturated heterocycles. The Hall–Kier alpha value is -2.01. The maximum Gasteiger partial charge on any atom is 0.160 e. The van der Waals surface area contributed by atoms with Crippen LogP contribution in [0.1, 0.15) is 12.5 Å². The van der Waals surface area contributed by atoms with Gasteiger partial charge in [0.15, 0.2) is 5.82 Å². The Morgan fingerprint density at radius 1 is 1.22 bits per heavy atom. The minimum Gasteiger partial charge on any atom is -0.326 e. The van der Waals surface area contributed by atoms with Crippen molar-refractivity contribution < 1.29 is 4.39 Å². The van der Waals surface area contributed by atoms with E-state index >= 15 is 0 Å². The van der Waals surface area contributed by atoms with E-state index in [1.54, 1.807) is 18.3 Å². The fraction of sp³-hybridized carbons (Fsp3) is 0.231. The molecule has 1 aromatic heterocycles. The zero-order valence-corrected chi connectivity index (χ0v) is 10.2. The van der Waals surface area contributed by atoms with Gasteiger partial charge in [-0.25, -0.2) is 4.39 Å². The molecule has 0 radical (unpaired) electrons. The average Bonchev–Trinajstić information content (AvgIpc) is 2.42. The van der Waals surface area contributed by atoms with Crippen molar-refractivity contribution in [1.29, 1.82) is 0 Å². The van der Waals surface area contributed by atoms with E-state index in [-0.39, 0.29) is 5.82 Å². The molecule has 1 heterocycles. The van der Waals surface area contributed by atoms with Crippen molar-refractivity contribution in [3.63, 3.8) is 0 Å². The monoisotopic (exact) mass is 246 g/mol. The second kappa shape index (κ2) is 5.55. The third kappa shape index (κ3) is 2.46. The van der Waals surface area contributed by atoms with Crippen LogP contribution < -0.4 is 10.6 Å². The number of hydrogen-bond acceptors (Lipinski definition) is 4. The second-order valence-electron chi connectivity index (χ2n) is 3.80. The number of nitrogens with two attached hydrogens (primary N) is 1. The summed E-state index contributed by atoms with van der Waals surface area (Å²) in [6.07, 6.45) is 1.62. The third-order valence-corrected chi connectivity index (χ3v) is 2.71. The number of benzene rings is 1. The van der Waals surface area contributed by atoms with Crippen molar-refractivity contribution in [3.05, 3.63) is 47.9 Å². The normalized spacial score (nSPS) is 10.4. The van der Waals surface area contributed by atoms with Gasteiger partial charge in [-0.2, -0.15) is 5.10 Å². The van der Waals surface area contributed by atoms with Gasteiger partial charge in [0.25, 0.3) is 0 Å². The second-order valence-corrected chi connectivity index (χ2v) is 3.80. The third-order valence-electron chi connectivity index (χ3n) is 2.71. The fourth-order valence-electron chi connectivity index (χ4n) is 1.81. The summed E-state index contributed by atoms with van der Waals surface area (Å²) in [5.41, 5.74) is 7.47.